The van der Waals surface area contributed by atoms with Crippen molar-refractivity contribution in [3.8, 4) is 0 Å². The molecular weight excluding hydrogens is 441 g/mol. The summed E-state index contributed by atoms with van der Waals surface area (Å²) >= 11 is 12.9. The van der Waals surface area contributed by atoms with E-state index in [9.17, 15) is 14.4 Å². The van der Waals surface area contributed by atoms with Crippen LogP contribution in [0.4, 0.5) is 5.69 Å². The van der Waals surface area contributed by atoms with E-state index in [1.54, 1.807) is 53.7 Å². The number of aliphatic imine (C=N–C) groups is 1. The minimum Gasteiger partial charge on any atom is -0.461 e. The third-order valence-corrected chi connectivity index (χ3v) is 5.27. The molecule has 7 nitrogen and oxygen atoms in total. The summed E-state index contributed by atoms with van der Waals surface area (Å²) in [6, 6.07) is 3.22. The lowest BCUT2D eigenvalue weighted by atomic mass is 10.2. The Hall–Kier alpha value is -2.12. The van der Waals surface area contributed by atoms with E-state index in [0.717, 1.165) is 0 Å². The first-order chi connectivity index (χ1) is 14.4. The van der Waals surface area contributed by atoms with Gasteiger partial charge in [0, 0.05) is 24.9 Å². The summed E-state index contributed by atoms with van der Waals surface area (Å²) in [6.07, 6.45) is 0. The van der Waals surface area contributed by atoms with Crippen molar-refractivity contribution in [2.24, 2.45) is 22.7 Å². The predicted octanol–water partition coefficient (Wildman–Crippen LogP) is 4.66. The summed E-state index contributed by atoms with van der Waals surface area (Å²) in [5.41, 5.74) is 0.867. The zero-order valence-electron chi connectivity index (χ0n) is 18.7. The molecule has 1 fully saturated rings. The Morgan fingerprint density at radius 3 is 1.74 bits per heavy atom. The normalized spacial score (nSPS) is 14.1. The quantitative estimate of drug-likeness (QED) is 0.567. The Morgan fingerprint density at radius 2 is 1.35 bits per heavy atom. The number of hydrogen-bond donors (Lipinski definition) is 0. The molecule has 1 aromatic rings. The lowest BCUT2D eigenvalue weighted by Crippen LogP contribution is -2.43. The lowest BCUT2D eigenvalue weighted by molar-refractivity contribution is -0.148. The summed E-state index contributed by atoms with van der Waals surface area (Å²) in [7, 11) is 0. The number of guanidine groups is 1. The highest BCUT2D eigenvalue weighted by Crippen LogP contribution is 2.36. The molecule has 9 heteroatoms. The van der Waals surface area contributed by atoms with Gasteiger partial charge in [-0.05, 0) is 17.7 Å². The van der Waals surface area contributed by atoms with E-state index in [-0.39, 0.29) is 63.8 Å². The van der Waals surface area contributed by atoms with E-state index < -0.39 is 0 Å². The molecule has 0 spiro atoms. The largest absolute Gasteiger partial charge is 0.461 e. The van der Waals surface area contributed by atoms with Gasteiger partial charge in [0.05, 0.1) is 16.0 Å². The van der Waals surface area contributed by atoms with Gasteiger partial charge in [-0.2, -0.15) is 0 Å². The molecule has 1 aliphatic heterocycles. The third kappa shape index (κ3) is 5.98. The van der Waals surface area contributed by atoms with Gasteiger partial charge in [-0.25, -0.2) is 4.99 Å². The third-order valence-electron chi connectivity index (χ3n) is 4.69. The first-order valence-electron chi connectivity index (χ1n) is 10.3. The highest BCUT2D eigenvalue weighted by Gasteiger charge is 2.37. The summed E-state index contributed by atoms with van der Waals surface area (Å²) in [5.74, 6) is -1.14. The molecule has 0 saturated carbocycles. The van der Waals surface area contributed by atoms with E-state index in [1.165, 1.54) is 9.80 Å². The predicted molar refractivity (Wildman–Crippen MR) is 121 cm³/mol. The Kier molecular flexibility index (Phi) is 8.49. The number of rotatable bonds is 6. The molecule has 0 radical (unpaired) electrons. The molecule has 1 aromatic carbocycles. The maximum Gasteiger partial charge on any atom is 0.308 e. The summed E-state index contributed by atoms with van der Waals surface area (Å²) in [4.78, 5) is 44.7. The molecule has 1 saturated heterocycles. The van der Waals surface area contributed by atoms with Crippen LogP contribution in [0.2, 0.25) is 10.0 Å². The van der Waals surface area contributed by atoms with Crippen molar-refractivity contribution < 1.29 is 19.1 Å². The van der Waals surface area contributed by atoms with Crippen LogP contribution in [0.5, 0.6) is 0 Å². The van der Waals surface area contributed by atoms with Crippen LogP contribution in [0.3, 0.4) is 0 Å². The molecule has 2 rings (SSSR count). The van der Waals surface area contributed by atoms with E-state index in [0.29, 0.717) is 18.7 Å². The number of benzene rings is 1. The van der Waals surface area contributed by atoms with Gasteiger partial charge in [-0.1, -0.05) is 64.7 Å². The van der Waals surface area contributed by atoms with Crippen LogP contribution >= 0.6 is 23.2 Å². The van der Waals surface area contributed by atoms with Crippen LogP contribution in [0.1, 0.15) is 47.1 Å². The highest BCUT2D eigenvalue weighted by molar-refractivity contribution is 6.39. The number of halogens is 2. The molecule has 1 heterocycles. The number of nitrogens with zero attached hydrogens (tertiary/aromatic N) is 3. The molecule has 0 N–H and O–H groups in total. The maximum absolute atomic E-state index is 12.7. The molecule has 0 aromatic heterocycles. The van der Waals surface area contributed by atoms with Gasteiger partial charge in [-0.15, -0.1) is 0 Å². The summed E-state index contributed by atoms with van der Waals surface area (Å²) < 4.78 is 5.22. The Morgan fingerprint density at radius 1 is 0.903 bits per heavy atom. The first-order valence-corrected chi connectivity index (χ1v) is 11.1. The maximum atomic E-state index is 12.7. The van der Waals surface area contributed by atoms with Crippen molar-refractivity contribution >= 4 is 52.6 Å². The molecule has 0 bridgehead atoms. The molecular formula is C22H29Cl2N3O4. The van der Waals surface area contributed by atoms with Crippen LogP contribution in [0.25, 0.3) is 0 Å². The van der Waals surface area contributed by atoms with Crippen LogP contribution in [-0.4, -0.2) is 46.6 Å². The van der Waals surface area contributed by atoms with E-state index in [1.807, 2.05) is 0 Å². The van der Waals surface area contributed by atoms with Gasteiger partial charge in [0.25, 0.3) is 0 Å². The summed E-state index contributed by atoms with van der Waals surface area (Å²) in [5, 5.41) is 0.466. The van der Waals surface area contributed by atoms with E-state index in [2.05, 4.69) is 4.99 Å². The monoisotopic (exact) mass is 469 g/mol. The van der Waals surface area contributed by atoms with Crippen LogP contribution < -0.4 is 0 Å². The molecule has 0 aliphatic carbocycles. The van der Waals surface area contributed by atoms with Crippen molar-refractivity contribution in [3.63, 3.8) is 0 Å². The second-order valence-electron chi connectivity index (χ2n) is 8.37. The molecule has 0 unspecified atom stereocenters. The van der Waals surface area contributed by atoms with Crippen LogP contribution in [0, 0.1) is 17.8 Å². The average Bonchev–Trinajstić information content (AvgIpc) is 3.10. The second kappa shape index (κ2) is 10.5. The minimum atomic E-state index is -0.326. The van der Waals surface area contributed by atoms with Crippen LogP contribution in [-0.2, 0) is 25.7 Å². The van der Waals surface area contributed by atoms with Gasteiger partial charge in [-0.3, -0.25) is 24.2 Å². The first kappa shape index (κ1) is 25.1. The number of hydrogen-bond acceptors (Lipinski definition) is 5. The molecule has 1 aliphatic rings. The minimum absolute atomic E-state index is 0.0310. The smallest absolute Gasteiger partial charge is 0.308 e. The molecule has 170 valence electrons. The number of carbonyl (C=O) groups excluding carboxylic acids is 3. The zero-order chi connectivity index (χ0) is 23.5. The Labute approximate surface area is 193 Å². The van der Waals surface area contributed by atoms with Crippen molar-refractivity contribution in [1.82, 2.24) is 9.80 Å². The standard InChI is InChI=1S/C22H29Cl2N3O4/c1-12(2)19(28)26-7-8-27(20(29)13(3)4)22(26)25-18-16(23)9-15(10-17(18)24)11-31-21(30)14(5)6/h9-10,12-14H,7-8,11H2,1-6H3. The number of carbonyl (C=O) groups is 3. The Balaban J connectivity index is 2.43. The van der Waals surface area contributed by atoms with E-state index in [4.69, 9.17) is 27.9 Å². The second-order valence-corrected chi connectivity index (χ2v) is 9.19. The number of amides is 2. The van der Waals surface area contributed by atoms with Gasteiger partial charge in [0.2, 0.25) is 17.8 Å². The lowest BCUT2D eigenvalue weighted by Gasteiger charge is -2.23. The van der Waals surface area contributed by atoms with Gasteiger partial charge < -0.3 is 4.74 Å². The molecule has 31 heavy (non-hydrogen) atoms. The highest BCUT2D eigenvalue weighted by atomic mass is 35.5. The fraction of sp³-hybridized carbons (Fsp3) is 0.545. The summed E-state index contributed by atoms with van der Waals surface area (Å²) in [6.45, 7) is 11.4. The van der Waals surface area contributed by atoms with Gasteiger partial charge in [0.15, 0.2) is 0 Å². The fourth-order valence-electron chi connectivity index (χ4n) is 2.94. The van der Waals surface area contributed by atoms with E-state index >= 15 is 0 Å². The molecule has 0 atom stereocenters. The number of ether oxygens (including phenoxy) is 1. The van der Waals surface area contributed by atoms with Crippen LogP contribution in [0.15, 0.2) is 17.1 Å². The number of esters is 1. The fourth-order valence-corrected chi connectivity index (χ4v) is 3.55. The van der Waals surface area contributed by atoms with Gasteiger partial charge >= 0.3 is 5.97 Å². The SMILES string of the molecule is CC(C)C(=O)OCc1cc(Cl)c(N=C2N(C(=O)C(C)C)CCN2C(=O)C(C)C)c(Cl)c1. The Bertz CT molecular complexity index is 844. The van der Waals surface area contributed by atoms with Crippen molar-refractivity contribution in [3.05, 3.63) is 27.7 Å². The topological polar surface area (TPSA) is 79.3 Å². The van der Waals surface area contributed by atoms with Crippen molar-refractivity contribution in [2.75, 3.05) is 13.1 Å². The van der Waals surface area contributed by atoms with Crippen molar-refractivity contribution in [2.45, 2.75) is 48.1 Å². The average molecular weight is 470 g/mol. The molecule has 2 amide bonds. The van der Waals surface area contributed by atoms with Crippen molar-refractivity contribution in [1.29, 1.82) is 0 Å². The zero-order valence-corrected chi connectivity index (χ0v) is 20.3. The van der Waals surface area contributed by atoms with Gasteiger partial charge in [0.1, 0.15) is 12.3 Å².